The fourth-order valence-corrected chi connectivity index (χ4v) is 2.03. The Morgan fingerprint density at radius 1 is 1.21 bits per heavy atom. The molecule has 14 heavy (non-hydrogen) atoms. The monoisotopic (exact) mass is 213 g/mol. The number of carbonyl (C=O) groups is 1. The zero-order valence-electron chi connectivity index (χ0n) is 7.30. The molecule has 0 atom stereocenters. The van der Waals surface area contributed by atoms with Gasteiger partial charge in [0.2, 0.25) is 0 Å². The molecule has 0 aliphatic carbocycles. The number of nitrogens with zero attached hydrogens (tertiary/aromatic N) is 1. The summed E-state index contributed by atoms with van der Waals surface area (Å²) in [4.78, 5) is 14.7. The molecule has 0 radical (unpaired) electrons. The maximum Gasteiger partial charge on any atom is 0.484 e. The summed E-state index contributed by atoms with van der Waals surface area (Å²) in [7, 11) is -3.77. The second kappa shape index (κ2) is 2.71. The van der Waals surface area contributed by atoms with Crippen molar-refractivity contribution in [2.45, 2.75) is 11.8 Å². The van der Waals surface area contributed by atoms with Crippen LogP contribution >= 0.6 is 0 Å². The quantitative estimate of drug-likeness (QED) is 0.689. The second-order valence-corrected chi connectivity index (χ2v) is 4.66. The first kappa shape index (κ1) is 9.01. The first-order chi connectivity index (χ1) is 6.51. The van der Waals surface area contributed by atoms with Gasteiger partial charge in [0.15, 0.2) is 0 Å². The van der Waals surface area contributed by atoms with Crippen LogP contribution in [0.15, 0.2) is 29.2 Å². The van der Waals surface area contributed by atoms with Crippen LogP contribution in [0.5, 0.6) is 0 Å². The van der Waals surface area contributed by atoms with Crippen LogP contribution in [0, 0.1) is 6.92 Å². The topological polar surface area (TPSA) is 66.8 Å². The van der Waals surface area contributed by atoms with Crippen molar-refractivity contribution < 1.29 is 18.0 Å². The summed E-state index contributed by atoms with van der Waals surface area (Å²) in [6, 6.07) is 6.17. The van der Waals surface area contributed by atoms with Gasteiger partial charge in [0, 0.05) is 0 Å². The van der Waals surface area contributed by atoms with Gasteiger partial charge in [0.25, 0.3) is 0 Å². The predicted octanol–water partition coefficient (Wildman–Crippen LogP) is 1.05. The average molecular weight is 213 g/mol. The van der Waals surface area contributed by atoms with E-state index in [0.29, 0.717) is 4.47 Å². The van der Waals surface area contributed by atoms with Crippen LogP contribution in [0.3, 0.4) is 0 Å². The number of carbonyl (C=O) groups excluding carboxylic acids is 1. The van der Waals surface area contributed by atoms with Crippen molar-refractivity contribution in [2.75, 3.05) is 0 Å². The van der Waals surface area contributed by atoms with Gasteiger partial charge in [0.1, 0.15) is 0 Å². The van der Waals surface area contributed by atoms with Crippen molar-refractivity contribution in [3.05, 3.63) is 29.8 Å². The predicted molar refractivity (Wildman–Crippen MR) is 46.7 cm³/mol. The number of sulfonamides is 1. The van der Waals surface area contributed by atoms with E-state index in [1.807, 2.05) is 6.92 Å². The van der Waals surface area contributed by atoms with E-state index in [9.17, 15) is 13.2 Å². The van der Waals surface area contributed by atoms with E-state index in [1.165, 1.54) is 12.1 Å². The van der Waals surface area contributed by atoms with E-state index in [0.717, 1.165) is 5.56 Å². The van der Waals surface area contributed by atoms with Crippen LogP contribution < -0.4 is 0 Å². The Kier molecular flexibility index (Phi) is 1.75. The molecule has 2 rings (SSSR count). The number of aryl methyl sites for hydroxylation is 1. The fourth-order valence-electron chi connectivity index (χ4n) is 1.00. The molecule has 1 aromatic rings. The number of hydrogen-bond donors (Lipinski definition) is 0. The lowest BCUT2D eigenvalue weighted by molar-refractivity contribution is 0.242. The molecule has 1 amide bonds. The van der Waals surface area contributed by atoms with Crippen LogP contribution in [0.25, 0.3) is 0 Å². The molecule has 74 valence electrons. The molecule has 1 fully saturated rings. The molecule has 0 bridgehead atoms. The highest BCUT2D eigenvalue weighted by Crippen LogP contribution is 2.25. The molecular weight excluding hydrogens is 206 g/mol. The highest BCUT2D eigenvalue weighted by Gasteiger charge is 2.47. The van der Waals surface area contributed by atoms with E-state index < -0.39 is 16.1 Å². The lowest BCUT2D eigenvalue weighted by Gasteiger charge is -1.99. The molecule has 1 heterocycles. The van der Waals surface area contributed by atoms with E-state index >= 15 is 0 Å². The Morgan fingerprint density at radius 3 is 2.14 bits per heavy atom. The molecule has 0 aromatic heterocycles. The Balaban J connectivity index is 2.40. The third-order valence-corrected chi connectivity index (χ3v) is 3.34. The maximum absolute atomic E-state index is 11.5. The highest BCUT2D eigenvalue weighted by atomic mass is 32.2. The maximum atomic E-state index is 11.5. The summed E-state index contributed by atoms with van der Waals surface area (Å²) in [6.07, 6.45) is -0.842. The van der Waals surface area contributed by atoms with Crippen molar-refractivity contribution in [2.24, 2.45) is 0 Å². The van der Waals surface area contributed by atoms with E-state index in [2.05, 4.69) is 4.84 Å². The van der Waals surface area contributed by atoms with Gasteiger partial charge < -0.3 is 0 Å². The third kappa shape index (κ3) is 1.33. The SMILES string of the molecule is Cc1ccc(S(=O)(=O)N2OC2=O)cc1. The minimum Gasteiger partial charge on any atom is -0.297 e. The summed E-state index contributed by atoms with van der Waals surface area (Å²) < 4.78 is 23.4. The zero-order valence-corrected chi connectivity index (χ0v) is 8.11. The standard InChI is InChI=1S/C8H7NO4S/c1-6-2-4-7(5-3-6)14(11,12)9-8(10)13-9/h2-5H,1H3. The van der Waals surface area contributed by atoms with Gasteiger partial charge in [-0.05, 0) is 23.5 Å². The van der Waals surface area contributed by atoms with E-state index in [1.54, 1.807) is 12.1 Å². The molecule has 0 spiro atoms. The molecule has 1 aliphatic rings. The Labute approximate surface area is 80.9 Å². The summed E-state index contributed by atoms with van der Waals surface area (Å²) in [5.74, 6) is 0. The number of hydrogen-bond acceptors (Lipinski definition) is 4. The normalized spacial score (nSPS) is 15.2. The van der Waals surface area contributed by atoms with Crippen LogP contribution in [-0.2, 0) is 14.9 Å². The molecule has 0 N–H and O–H groups in total. The number of rotatable bonds is 2. The third-order valence-electron chi connectivity index (χ3n) is 1.81. The lowest BCUT2D eigenvalue weighted by atomic mass is 10.2. The minimum absolute atomic E-state index is 0.0500. The molecule has 1 saturated heterocycles. The van der Waals surface area contributed by atoms with Crippen LogP contribution in [0.2, 0.25) is 0 Å². The average Bonchev–Trinajstić information content (AvgIpc) is 2.84. The van der Waals surface area contributed by atoms with Gasteiger partial charge in [-0.3, -0.25) is 4.84 Å². The number of amides is 1. The summed E-state index contributed by atoms with van der Waals surface area (Å²) in [6.45, 7) is 1.84. The number of benzene rings is 1. The van der Waals surface area contributed by atoms with Gasteiger partial charge in [-0.1, -0.05) is 17.7 Å². The van der Waals surface area contributed by atoms with Crippen LogP contribution in [-0.4, -0.2) is 19.0 Å². The van der Waals surface area contributed by atoms with Crippen molar-refractivity contribution >= 4 is 16.1 Å². The van der Waals surface area contributed by atoms with Gasteiger partial charge in [-0.2, -0.15) is 8.42 Å². The Morgan fingerprint density at radius 2 is 1.71 bits per heavy atom. The van der Waals surface area contributed by atoms with E-state index in [4.69, 9.17) is 0 Å². The van der Waals surface area contributed by atoms with E-state index in [-0.39, 0.29) is 4.90 Å². The molecule has 1 aliphatic heterocycles. The van der Waals surface area contributed by atoms with Crippen molar-refractivity contribution in [3.63, 3.8) is 0 Å². The van der Waals surface area contributed by atoms with Crippen molar-refractivity contribution in [1.29, 1.82) is 0 Å². The van der Waals surface area contributed by atoms with Gasteiger partial charge in [-0.25, -0.2) is 4.79 Å². The van der Waals surface area contributed by atoms with Gasteiger partial charge in [-0.15, -0.1) is 0 Å². The molecule has 1 aromatic carbocycles. The molecular formula is C8H7NO4S. The van der Waals surface area contributed by atoms with Crippen molar-refractivity contribution in [3.8, 4) is 0 Å². The Bertz CT molecular complexity index is 477. The summed E-state index contributed by atoms with van der Waals surface area (Å²) in [5, 5.41) is 0. The summed E-state index contributed by atoms with van der Waals surface area (Å²) in [5.41, 5.74) is 0.946. The van der Waals surface area contributed by atoms with Crippen molar-refractivity contribution in [1.82, 2.24) is 4.47 Å². The molecule has 0 saturated carbocycles. The minimum atomic E-state index is -3.77. The first-order valence-electron chi connectivity index (χ1n) is 3.86. The largest absolute Gasteiger partial charge is 0.484 e. The molecule has 0 unspecified atom stereocenters. The Hall–Kier alpha value is -1.56. The lowest BCUT2D eigenvalue weighted by Crippen LogP contribution is -2.12. The highest BCUT2D eigenvalue weighted by molar-refractivity contribution is 7.89. The first-order valence-corrected chi connectivity index (χ1v) is 5.30. The fraction of sp³-hybridized carbons (Fsp3) is 0.125. The van der Waals surface area contributed by atoms with Gasteiger partial charge >= 0.3 is 16.1 Å². The smallest absolute Gasteiger partial charge is 0.297 e. The van der Waals surface area contributed by atoms with Crippen LogP contribution in [0.1, 0.15) is 5.56 Å². The van der Waals surface area contributed by atoms with Crippen LogP contribution in [0.4, 0.5) is 4.79 Å². The zero-order chi connectivity index (χ0) is 10.3. The number of hydroxylamine groups is 1. The molecule has 5 nitrogen and oxygen atoms in total. The molecule has 6 heteroatoms. The van der Waals surface area contributed by atoms with Gasteiger partial charge in [0.05, 0.1) is 4.90 Å². The summed E-state index contributed by atoms with van der Waals surface area (Å²) >= 11 is 0. The second-order valence-electron chi connectivity index (χ2n) is 2.90.